The first kappa shape index (κ1) is 21.7. The molecule has 2 rings (SSSR count). The van der Waals surface area contributed by atoms with E-state index in [9.17, 15) is 0 Å². The Kier molecular flexibility index (Phi) is 7.46. The largest absolute Gasteiger partial charge is 0.369 e. The van der Waals surface area contributed by atoms with E-state index in [-0.39, 0.29) is 11.2 Å². The third-order valence-electron chi connectivity index (χ3n) is 6.62. The maximum Gasteiger partial charge on any atom is 0.0687 e. The molecule has 2 aliphatic carbocycles. The minimum atomic E-state index is -1.000. The summed E-state index contributed by atoms with van der Waals surface area (Å²) in [6.07, 6.45) is 16.5. The second-order valence-electron chi connectivity index (χ2n) is 11.7. The summed E-state index contributed by atoms with van der Waals surface area (Å²) in [5, 5.41) is 0. The minimum Gasteiger partial charge on any atom is -0.369 e. The summed E-state index contributed by atoms with van der Waals surface area (Å²) in [6, 6.07) is 2.88. The Labute approximate surface area is 160 Å². The number of ether oxygens (including phenoxy) is 1. The van der Waals surface area contributed by atoms with Gasteiger partial charge in [0.05, 0.1) is 11.2 Å². The van der Waals surface area contributed by atoms with Crippen LogP contribution < -0.4 is 0 Å². The van der Waals surface area contributed by atoms with E-state index in [1.807, 2.05) is 0 Å². The van der Waals surface area contributed by atoms with Crippen molar-refractivity contribution in [3.05, 3.63) is 0 Å². The van der Waals surface area contributed by atoms with Gasteiger partial charge in [0.15, 0.2) is 0 Å². The maximum atomic E-state index is 7.34. The van der Waals surface area contributed by atoms with Gasteiger partial charge in [-0.3, -0.25) is 0 Å². The van der Waals surface area contributed by atoms with Crippen LogP contribution in [0.25, 0.3) is 0 Å². The Hall–Kier alpha value is 0.394. The maximum absolute atomic E-state index is 7.34. The summed E-state index contributed by atoms with van der Waals surface area (Å²) >= 11 is 0. The normalized spacial score (nSPS) is 24.2. The van der Waals surface area contributed by atoms with E-state index in [0.717, 1.165) is 0 Å². The molecule has 0 bridgehead atoms. The van der Waals surface area contributed by atoms with Gasteiger partial charge in [0.25, 0.3) is 0 Å². The first-order valence-corrected chi connectivity index (χ1v) is 18.7. The highest BCUT2D eigenvalue weighted by Gasteiger charge is 2.43. The zero-order chi connectivity index (χ0) is 18.6. The van der Waals surface area contributed by atoms with Gasteiger partial charge in [-0.15, -0.1) is 0 Å². The van der Waals surface area contributed by atoms with Crippen molar-refractivity contribution in [2.75, 3.05) is 0 Å². The number of hydrogen-bond donors (Lipinski definition) is 0. The predicted octanol–water partition coefficient (Wildman–Crippen LogP) is 7.87. The lowest BCUT2D eigenvalue weighted by Crippen LogP contribution is -2.48. The number of rotatable bonds is 8. The monoisotopic (exact) mass is 382 g/mol. The van der Waals surface area contributed by atoms with Crippen LogP contribution in [0.3, 0.4) is 0 Å². The van der Waals surface area contributed by atoms with Crippen molar-refractivity contribution < 1.29 is 4.74 Å². The lowest BCUT2D eigenvalue weighted by atomic mass is 9.78. The molecule has 0 atom stereocenters. The Bertz CT molecular complexity index is 355. The van der Waals surface area contributed by atoms with E-state index in [4.69, 9.17) is 4.74 Å². The van der Waals surface area contributed by atoms with Crippen LogP contribution in [0.5, 0.6) is 0 Å². The topological polar surface area (TPSA) is 9.23 Å². The van der Waals surface area contributed by atoms with Gasteiger partial charge in [-0.05, 0) is 38.5 Å². The van der Waals surface area contributed by atoms with Gasteiger partial charge < -0.3 is 4.74 Å². The third kappa shape index (κ3) is 7.50. The van der Waals surface area contributed by atoms with E-state index in [0.29, 0.717) is 0 Å². The molecule has 148 valence electrons. The molecule has 0 N–H and O–H groups in total. The van der Waals surface area contributed by atoms with Crippen LogP contribution in [0.2, 0.25) is 51.4 Å². The zero-order valence-corrected chi connectivity index (χ0v) is 20.3. The van der Waals surface area contributed by atoms with Crippen molar-refractivity contribution in [1.29, 1.82) is 0 Å². The Morgan fingerprint density at radius 2 is 0.880 bits per heavy atom. The second-order valence-corrected chi connectivity index (χ2v) is 23.0. The molecule has 0 spiro atoms. The summed E-state index contributed by atoms with van der Waals surface area (Å²) in [4.78, 5) is 0. The molecule has 2 saturated carbocycles. The fraction of sp³-hybridized carbons (Fsp3) is 1.00. The van der Waals surface area contributed by atoms with Gasteiger partial charge in [-0.1, -0.05) is 89.9 Å². The molecule has 25 heavy (non-hydrogen) atoms. The minimum absolute atomic E-state index is 0.231. The van der Waals surface area contributed by atoms with E-state index < -0.39 is 16.1 Å². The lowest BCUT2D eigenvalue weighted by Gasteiger charge is -2.49. The first-order valence-electron chi connectivity index (χ1n) is 11.2. The summed E-state index contributed by atoms with van der Waals surface area (Å²) in [6.45, 7) is 15.2. The molecule has 0 aromatic carbocycles. The van der Waals surface area contributed by atoms with Crippen molar-refractivity contribution in [1.82, 2.24) is 0 Å². The van der Waals surface area contributed by atoms with Crippen LogP contribution in [-0.4, -0.2) is 27.3 Å². The quantitative estimate of drug-likeness (QED) is 0.388. The van der Waals surface area contributed by atoms with Crippen LogP contribution >= 0.6 is 0 Å². The molecule has 0 unspecified atom stereocenters. The standard InChI is InChI=1S/C22H46OSi2/c1-24(2,3)19-17-21(13-9-7-10-14-21)23-22(15-11-8-12-16-22)18-20-25(4,5)6/h7-20H2,1-6H3. The fourth-order valence-electron chi connectivity index (χ4n) is 4.86. The predicted molar refractivity (Wildman–Crippen MR) is 118 cm³/mol. The van der Waals surface area contributed by atoms with Crippen molar-refractivity contribution in [3.8, 4) is 0 Å². The van der Waals surface area contributed by atoms with Crippen molar-refractivity contribution in [2.45, 2.75) is 140 Å². The molecule has 1 nitrogen and oxygen atoms in total. The average molecular weight is 383 g/mol. The molecular formula is C22H46OSi2. The van der Waals surface area contributed by atoms with E-state index in [1.165, 1.54) is 89.1 Å². The molecule has 0 amide bonds. The van der Waals surface area contributed by atoms with Crippen LogP contribution in [-0.2, 0) is 4.74 Å². The molecule has 0 radical (unpaired) electrons. The summed E-state index contributed by atoms with van der Waals surface area (Å²) in [7, 11) is -2.00. The third-order valence-corrected chi connectivity index (χ3v) is 10.1. The highest BCUT2D eigenvalue weighted by molar-refractivity contribution is 6.76. The van der Waals surface area contributed by atoms with Crippen LogP contribution in [0.1, 0.15) is 77.0 Å². The molecule has 2 fully saturated rings. The van der Waals surface area contributed by atoms with Crippen LogP contribution in [0, 0.1) is 0 Å². The smallest absolute Gasteiger partial charge is 0.0687 e. The average Bonchev–Trinajstić information content (AvgIpc) is 2.52. The van der Waals surface area contributed by atoms with Gasteiger partial charge in [-0.25, -0.2) is 0 Å². The van der Waals surface area contributed by atoms with Crippen molar-refractivity contribution in [3.63, 3.8) is 0 Å². The SMILES string of the molecule is C[Si](C)(C)CCC1(OC2(CC[Si](C)(C)C)CCCCC2)CCCCC1. The summed E-state index contributed by atoms with van der Waals surface area (Å²) in [5.41, 5.74) is 0.463. The molecule has 0 saturated heterocycles. The summed E-state index contributed by atoms with van der Waals surface area (Å²) < 4.78 is 7.34. The van der Waals surface area contributed by atoms with Gasteiger partial charge in [0.2, 0.25) is 0 Å². The molecule has 0 heterocycles. The van der Waals surface area contributed by atoms with Crippen molar-refractivity contribution in [2.24, 2.45) is 0 Å². The van der Waals surface area contributed by atoms with Gasteiger partial charge in [0, 0.05) is 16.1 Å². The lowest BCUT2D eigenvalue weighted by molar-refractivity contribution is -0.187. The van der Waals surface area contributed by atoms with Gasteiger partial charge in [-0.2, -0.15) is 0 Å². The van der Waals surface area contributed by atoms with Crippen LogP contribution in [0.4, 0.5) is 0 Å². The summed E-state index contributed by atoms with van der Waals surface area (Å²) in [5.74, 6) is 0. The van der Waals surface area contributed by atoms with E-state index >= 15 is 0 Å². The molecule has 0 aromatic rings. The highest BCUT2D eigenvalue weighted by Crippen LogP contribution is 2.46. The first-order chi connectivity index (χ1) is 11.5. The van der Waals surface area contributed by atoms with Gasteiger partial charge in [0.1, 0.15) is 0 Å². The fourth-order valence-corrected chi connectivity index (χ4v) is 7.27. The molecular weight excluding hydrogens is 336 g/mol. The second kappa shape index (κ2) is 8.60. The number of hydrogen-bond acceptors (Lipinski definition) is 1. The van der Waals surface area contributed by atoms with Crippen molar-refractivity contribution >= 4 is 16.1 Å². The Balaban J connectivity index is 2.13. The molecule has 0 aliphatic heterocycles. The molecule has 0 aromatic heterocycles. The zero-order valence-electron chi connectivity index (χ0n) is 18.3. The highest BCUT2D eigenvalue weighted by atomic mass is 28.3. The van der Waals surface area contributed by atoms with Gasteiger partial charge >= 0.3 is 0 Å². The van der Waals surface area contributed by atoms with Crippen LogP contribution in [0.15, 0.2) is 0 Å². The molecule has 2 aliphatic rings. The van der Waals surface area contributed by atoms with E-state index in [2.05, 4.69) is 39.3 Å². The molecule has 3 heteroatoms. The Morgan fingerprint density at radius 3 is 1.16 bits per heavy atom. The van der Waals surface area contributed by atoms with E-state index in [1.54, 1.807) is 0 Å². The Morgan fingerprint density at radius 1 is 0.560 bits per heavy atom.